The monoisotopic (exact) mass is 614 g/mol. The number of carbonyl (C=O) groups is 4. The molecule has 2 heterocycles. The molecule has 1 aromatic heterocycles. The lowest BCUT2D eigenvalue weighted by Gasteiger charge is -2.35. The molecule has 3 atom stereocenters. The van der Waals surface area contributed by atoms with Crippen LogP contribution in [-0.4, -0.2) is 78.5 Å². The molecule has 234 valence electrons. The van der Waals surface area contributed by atoms with E-state index in [-0.39, 0.29) is 6.42 Å². The van der Waals surface area contributed by atoms with Crippen molar-refractivity contribution in [3.8, 4) is 0 Å². The Labute approximate surface area is 253 Å². The molecule has 11 nitrogen and oxygen atoms in total. The number of esters is 1. The summed E-state index contributed by atoms with van der Waals surface area (Å²) in [4.78, 5) is 58.9. The predicted octanol–water partition coefficient (Wildman–Crippen LogP) is 3.15. The molecule has 0 saturated carbocycles. The fourth-order valence-corrected chi connectivity index (χ4v) is 5.27. The van der Waals surface area contributed by atoms with Crippen molar-refractivity contribution in [1.29, 1.82) is 0 Å². The Morgan fingerprint density at radius 2 is 1.79 bits per heavy atom. The van der Waals surface area contributed by atoms with Gasteiger partial charge >= 0.3 is 5.97 Å². The second kappa shape index (κ2) is 13.2. The van der Waals surface area contributed by atoms with E-state index < -0.39 is 62.7 Å². The van der Waals surface area contributed by atoms with E-state index in [9.17, 15) is 27.6 Å². The summed E-state index contributed by atoms with van der Waals surface area (Å²) in [5.74, 6) is -1.98. The topological polar surface area (TPSA) is 152 Å². The number of sulfone groups is 1. The summed E-state index contributed by atoms with van der Waals surface area (Å²) in [5, 5.41) is 7.31. The zero-order chi connectivity index (χ0) is 32.2. The number of benzene rings is 1. The average molecular weight is 615 g/mol. The number of hydrogen-bond donors (Lipinski definition) is 2. The molecule has 43 heavy (non-hydrogen) atoms. The Hall–Kier alpha value is -3.80. The fraction of sp³-hybridized carbons (Fsp3) is 0.516. The maximum atomic E-state index is 13.9. The first kappa shape index (κ1) is 33.7. The van der Waals surface area contributed by atoms with Gasteiger partial charge in [-0.25, -0.2) is 8.42 Å². The number of pyridine rings is 1. The molecule has 0 bridgehead atoms. The maximum Gasteiger partial charge on any atom is 0.308 e. The smallest absolute Gasteiger partial charge is 0.308 e. The van der Waals surface area contributed by atoms with Crippen molar-refractivity contribution in [3.63, 3.8) is 0 Å². The number of amides is 3. The van der Waals surface area contributed by atoms with Crippen LogP contribution in [0.25, 0.3) is 10.9 Å². The molecule has 1 saturated heterocycles. The molecule has 1 aliphatic rings. The van der Waals surface area contributed by atoms with Crippen molar-refractivity contribution < 1.29 is 32.3 Å². The van der Waals surface area contributed by atoms with Crippen LogP contribution < -0.4 is 10.6 Å². The van der Waals surface area contributed by atoms with Crippen molar-refractivity contribution >= 4 is 44.4 Å². The van der Waals surface area contributed by atoms with Crippen LogP contribution in [0.2, 0.25) is 0 Å². The summed E-state index contributed by atoms with van der Waals surface area (Å²) in [7, 11) is -3.54. The van der Waals surface area contributed by atoms with Crippen molar-refractivity contribution in [1.82, 2.24) is 20.5 Å². The van der Waals surface area contributed by atoms with Gasteiger partial charge in [-0.2, -0.15) is 0 Å². The van der Waals surface area contributed by atoms with E-state index in [1.807, 2.05) is 26.8 Å². The molecule has 0 spiro atoms. The minimum Gasteiger partial charge on any atom is -0.460 e. The summed E-state index contributed by atoms with van der Waals surface area (Å²) in [5.41, 5.74) is -0.339. The second-order valence-electron chi connectivity index (χ2n) is 12.9. The van der Waals surface area contributed by atoms with E-state index in [0.717, 1.165) is 22.6 Å². The molecule has 2 N–H and O–H groups in total. The first-order chi connectivity index (χ1) is 19.8. The van der Waals surface area contributed by atoms with Gasteiger partial charge < -0.3 is 20.3 Å². The summed E-state index contributed by atoms with van der Waals surface area (Å²) >= 11 is 0. The highest BCUT2D eigenvalue weighted by Gasteiger charge is 2.42. The van der Waals surface area contributed by atoms with Gasteiger partial charge in [-0.1, -0.05) is 32.9 Å². The van der Waals surface area contributed by atoms with Gasteiger partial charge in [-0.15, -0.1) is 0 Å². The van der Waals surface area contributed by atoms with Gasteiger partial charge in [0.2, 0.25) is 11.8 Å². The Bertz CT molecular complexity index is 1510. The third kappa shape index (κ3) is 9.87. The van der Waals surface area contributed by atoms with Gasteiger partial charge in [0, 0.05) is 35.4 Å². The van der Waals surface area contributed by atoms with Crippen molar-refractivity contribution in [3.05, 3.63) is 53.6 Å². The van der Waals surface area contributed by atoms with E-state index in [0.29, 0.717) is 24.9 Å². The number of fused-ring (bicyclic) bond motifs is 1. The molecular formula is C31H42N4O7S. The van der Waals surface area contributed by atoms with Crippen molar-refractivity contribution in [2.75, 3.05) is 12.8 Å². The van der Waals surface area contributed by atoms with E-state index in [4.69, 9.17) is 4.74 Å². The quantitative estimate of drug-likeness (QED) is 0.409. The summed E-state index contributed by atoms with van der Waals surface area (Å²) in [6.45, 7) is 10.9. The van der Waals surface area contributed by atoms with Crippen LogP contribution in [0.5, 0.6) is 0 Å². The van der Waals surface area contributed by atoms with Gasteiger partial charge in [0.15, 0.2) is 9.84 Å². The molecule has 2 aromatic rings. The molecule has 0 aliphatic carbocycles. The maximum absolute atomic E-state index is 13.9. The number of hydrogen-bond acceptors (Lipinski definition) is 8. The fourth-order valence-electron chi connectivity index (χ4n) is 4.80. The highest BCUT2D eigenvalue weighted by atomic mass is 32.2. The summed E-state index contributed by atoms with van der Waals surface area (Å²) < 4.78 is 28.9. The summed E-state index contributed by atoms with van der Waals surface area (Å²) in [6, 6.07) is 5.94. The highest BCUT2D eigenvalue weighted by Crippen LogP contribution is 2.27. The van der Waals surface area contributed by atoms with Crippen LogP contribution in [0.1, 0.15) is 71.2 Å². The predicted molar refractivity (Wildman–Crippen MR) is 164 cm³/mol. The SMILES string of the molecule is CC(C)(C)OC(=O)C[C@@H](C=CS(C)(=O)=O)NC(=O)[C@H]1CCCN1C(=O)[C@H](NC(=O)c1ccc2ncccc2c1)C(C)(C)C. The van der Waals surface area contributed by atoms with Gasteiger partial charge in [-0.05, 0) is 63.3 Å². The first-order valence-corrected chi connectivity index (χ1v) is 16.2. The van der Waals surface area contributed by atoms with Crippen LogP contribution in [0.4, 0.5) is 0 Å². The van der Waals surface area contributed by atoms with Gasteiger partial charge in [0.25, 0.3) is 5.91 Å². The van der Waals surface area contributed by atoms with Crippen LogP contribution in [0.15, 0.2) is 48.0 Å². The number of carbonyl (C=O) groups excluding carboxylic acids is 4. The van der Waals surface area contributed by atoms with E-state index in [2.05, 4.69) is 15.6 Å². The van der Waals surface area contributed by atoms with Crippen LogP contribution in [0, 0.1) is 5.41 Å². The van der Waals surface area contributed by atoms with Crippen LogP contribution in [-0.2, 0) is 29.0 Å². The molecule has 12 heteroatoms. The molecule has 1 fully saturated rings. The van der Waals surface area contributed by atoms with Crippen molar-refractivity contribution in [2.45, 2.75) is 84.5 Å². The standard InChI is InChI=1S/C31H42N4O7S/c1-30(2,3)26(34-27(37)21-12-13-23-20(18-21)10-8-15-32-23)29(39)35-16-9-11-24(35)28(38)33-22(14-17-43(7,40)41)19-25(36)42-31(4,5)6/h8,10,12-15,17-18,22,24,26H,9,11,16,19H2,1-7H3,(H,33,38)(H,34,37)/t22-,24-,26+/m1/s1. The number of nitrogens with zero attached hydrogens (tertiary/aromatic N) is 2. The Balaban J connectivity index is 1.79. The van der Waals surface area contributed by atoms with Gasteiger partial charge in [0.1, 0.15) is 17.7 Å². The minimum atomic E-state index is -3.54. The third-order valence-corrected chi connectivity index (χ3v) is 7.44. The third-order valence-electron chi connectivity index (χ3n) is 6.78. The Morgan fingerprint density at radius 1 is 1.09 bits per heavy atom. The lowest BCUT2D eigenvalue weighted by atomic mass is 9.85. The largest absolute Gasteiger partial charge is 0.460 e. The Morgan fingerprint density at radius 3 is 2.42 bits per heavy atom. The van der Waals surface area contributed by atoms with Crippen molar-refractivity contribution in [2.24, 2.45) is 5.41 Å². The molecule has 3 rings (SSSR count). The lowest BCUT2D eigenvalue weighted by Crippen LogP contribution is -2.58. The zero-order valence-corrected chi connectivity index (χ0v) is 26.7. The van der Waals surface area contributed by atoms with E-state index in [1.54, 1.807) is 51.2 Å². The summed E-state index contributed by atoms with van der Waals surface area (Å²) in [6.07, 6.45) is 4.54. The molecule has 1 aliphatic heterocycles. The molecule has 3 amide bonds. The first-order valence-electron chi connectivity index (χ1n) is 14.2. The molecule has 0 unspecified atom stereocenters. The zero-order valence-electron chi connectivity index (χ0n) is 25.8. The minimum absolute atomic E-state index is 0.294. The number of aromatic nitrogens is 1. The normalized spacial score (nSPS) is 17.5. The van der Waals surface area contributed by atoms with E-state index >= 15 is 0 Å². The molecular weight excluding hydrogens is 572 g/mol. The Kier molecular flexibility index (Phi) is 10.4. The number of rotatable bonds is 9. The van der Waals surface area contributed by atoms with Crippen LogP contribution >= 0.6 is 0 Å². The molecule has 0 radical (unpaired) electrons. The van der Waals surface area contributed by atoms with E-state index in [1.165, 1.54) is 11.0 Å². The lowest BCUT2D eigenvalue weighted by molar-refractivity contribution is -0.155. The number of likely N-dealkylation sites (tertiary alicyclic amines) is 1. The van der Waals surface area contributed by atoms with Gasteiger partial charge in [-0.3, -0.25) is 24.2 Å². The van der Waals surface area contributed by atoms with Crippen LogP contribution in [0.3, 0.4) is 0 Å². The average Bonchev–Trinajstić information content (AvgIpc) is 3.37. The molecule has 1 aromatic carbocycles. The number of ether oxygens (including phenoxy) is 1. The highest BCUT2D eigenvalue weighted by molar-refractivity contribution is 7.93. The second-order valence-corrected chi connectivity index (χ2v) is 14.9. The number of nitrogens with one attached hydrogen (secondary N) is 2. The van der Waals surface area contributed by atoms with Gasteiger partial charge in [0.05, 0.1) is 18.0 Å².